The molecule has 4 nitrogen and oxygen atoms in total. The fourth-order valence-electron chi connectivity index (χ4n) is 3.42. The van der Waals surface area contributed by atoms with Crippen LogP contribution in [0.5, 0.6) is 0 Å². The zero-order valence-corrected chi connectivity index (χ0v) is 16.8. The predicted octanol–water partition coefficient (Wildman–Crippen LogP) is 4.78. The lowest BCUT2D eigenvalue weighted by Gasteiger charge is -2.19. The Bertz CT molecular complexity index is 874. The molecule has 0 saturated heterocycles. The van der Waals surface area contributed by atoms with E-state index in [1.165, 1.54) is 10.4 Å². The lowest BCUT2D eigenvalue weighted by Crippen LogP contribution is -2.22. The van der Waals surface area contributed by atoms with Gasteiger partial charge in [-0.2, -0.15) is 0 Å². The Hall–Kier alpha value is -1.92. The van der Waals surface area contributed by atoms with Crippen LogP contribution in [0.3, 0.4) is 0 Å². The number of ketones is 1. The molecule has 2 heterocycles. The molecule has 0 spiro atoms. The van der Waals surface area contributed by atoms with E-state index < -0.39 is 0 Å². The van der Waals surface area contributed by atoms with Crippen LogP contribution in [-0.4, -0.2) is 25.8 Å². The minimum absolute atomic E-state index is 0.0352. The number of hydrogen-bond donors (Lipinski definition) is 0. The molecule has 4 rings (SSSR count). The molecule has 0 unspecified atom stereocenters. The van der Waals surface area contributed by atoms with Gasteiger partial charge in [0.05, 0.1) is 5.25 Å². The fourth-order valence-corrected chi connectivity index (χ4v) is 5.32. The van der Waals surface area contributed by atoms with Crippen molar-refractivity contribution in [2.75, 3.05) is 0 Å². The number of aromatic nitrogens is 3. The molecule has 2 aromatic heterocycles. The van der Waals surface area contributed by atoms with E-state index in [0.29, 0.717) is 12.2 Å². The van der Waals surface area contributed by atoms with Crippen molar-refractivity contribution in [3.8, 4) is 0 Å². The number of rotatable bonds is 7. The molecular formula is C21H23N3OS2. The molecule has 0 aliphatic heterocycles. The van der Waals surface area contributed by atoms with Crippen molar-refractivity contribution in [2.45, 2.75) is 55.5 Å². The highest BCUT2D eigenvalue weighted by Crippen LogP contribution is 2.31. The van der Waals surface area contributed by atoms with Crippen LogP contribution in [0, 0.1) is 0 Å². The maximum Gasteiger partial charge on any atom is 0.191 e. The van der Waals surface area contributed by atoms with E-state index in [1.54, 1.807) is 23.1 Å². The number of carbonyl (C=O) groups is 1. The average Bonchev–Trinajstić information content (AvgIpc) is 3.34. The van der Waals surface area contributed by atoms with Crippen LogP contribution in [0.2, 0.25) is 0 Å². The summed E-state index contributed by atoms with van der Waals surface area (Å²) in [5, 5.41) is 12.0. The summed E-state index contributed by atoms with van der Waals surface area (Å²) in [5.74, 6) is 1.35. The fraction of sp³-hybridized carbons (Fsp3) is 0.381. The largest absolute Gasteiger partial charge is 0.305 e. The molecule has 0 bridgehead atoms. The Morgan fingerprint density at radius 3 is 2.78 bits per heavy atom. The average molecular weight is 398 g/mol. The van der Waals surface area contributed by atoms with Crippen molar-refractivity contribution in [3.05, 3.63) is 64.1 Å². The van der Waals surface area contributed by atoms with Crippen LogP contribution in [0.25, 0.3) is 0 Å². The smallest absolute Gasteiger partial charge is 0.191 e. The molecule has 0 amide bonds. The molecule has 1 atom stereocenters. The summed E-state index contributed by atoms with van der Waals surface area (Å²) in [6.07, 6.45) is 5.54. The van der Waals surface area contributed by atoms with Crippen molar-refractivity contribution in [2.24, 2.45) is 0 Å². The lowest BCUT2D eigenvalue weighted by molar-refractivity contribution is -0.119. The van der Waals surface area contributed by atoms with E-state index in [-0.39, 0.29) is 5.25 Å². The van der Waals surface area contributed by atoms with Gasteiger partial charge >= 0.3 is 0 Å². The quantitative estimate of drug-likeness (QED) is 0.576. The third-order valence-electron chi connectivity index (χ3n) is 4.92. The summed E-state index contributed by atoms with van der Waals surface area (Å²) in [6, 6.07) is 14.7. The minimum Gasteiger partial charge on any atom is -0.305 e. The number of nitrogens with zero attached hydrogens (tertiary/aromatic N) is 3. The standard InChI is InChI=1S/C21H23N3OS2/c25-18-10-4-5-11-19(18)27-21-23-22-20(15-17-9-6-14-26-17)24(21)13-12-16-7-2-1-3-8-16/h1-3,6-9,14,19H,4-5,10-13,15H2/t19-/m0/s1. The van der Waals surface area contributed by atoms with Gasteiger partial charge in [0.15, 0.2) is 5.16 Å². The van der Waals surface area contributed by atoms with Gasteiger partial charge < -0.3 is 4.57 Å². The lowest BCUT2D eigenvalue weighted by atomic mass is 9.99. The van der Waals surface area contributed by atoms with Crippen LogP contribution >= 0.6 is 23.1 Å². The number of thioether (sulfide) groups is 1. The first-order chi connectivity index (χ1) is 13.3. The minimum atomic E-state index is 0.0352. The van der Waals surface area contributed by atoms with Gasteiger partial charge in [0.25, 0.3) is 0 Å². The summed E-state index contributed by atoms with van der Waals surface area (Å²) in [6.45, 7) is 0.834. The van der Waals surface area contributed by atoms with Crippen LogP contribution in [0.15, 0.2) is 53.0 Å². The molecule has 6 heteroatoms. The Morgan fingerprint density at radius 2 is 2.00 bits per heavy atom. The Kier molecular flexibility index (Phi) is 6.04. The molecule has 27 heavy (non-hydrogen) atoms. The first kappa shape index (κ1) is 18.4. The topological polar surface area (TPSA) is 47.8 Å². The van der Waals surface area contributed by atoms with Gasteiger partial charge in [-0.25, -0.2) is 0 Å². The molecular weight excluding hydrogens is 374 g/mol. The van der Waals surface area contributed by atoms with E-state index in [2.05, 4.69) is 56.5 Å². The van der Waals surface area contributed by atoms with Crippen LogP contribution in [0.4, 0.5) is 0 Å². The highest BCUT2D eigenvalue weighted by molar-refractivity contribution is 8.00. The second-order valence-electron chi connectivity index (χ2n) is 6.86. The summed E-state index contributed by atoms with van der Waals surface area (Å²) < 4.78 is 2.22. The molecule has 1 aliphatic rings. The molecule has 0 radical (unpaired) electrons. The van der Waals surface area contributed by atoms with E-state index in [4.69, 9.17) is 0 Å². The normalized spacial score (nSPS) is 17.3. The van der Waals surface area contributed by atoms with Gasteiger partial charge in [-0.15, -0.1) is 21.5 Å². The van der Waals surface area contributed by atoms with Crippen LogP contribution in [0.1, 0.15) is 41.9 Å². The zero-order chi connectivity index (χ0) is 18.5. The van der Waals surface area contributed by atoms with Crippen LogP contribution in [-0.2, 0) is 24.2 Å². The second kappa shape index (κ2) is 8.85. The van der Waals surface area contributed by atoms with Crippen molar-refractivity contribution in [3.63, 3.8) is 0 Å². The molecule has 140 valence electrons. The van der Waals surface area contributed by atoms with Gasteiger partial charge in [0, 0.05) is 24.3 Å². The number of carbonyl (C=O) groups excluding carboxylic acids is 1. The summed E-state index contributed by atoms with van der Waals surface area (Å²) in [4.78, 5) is 13.6. The number of aryl methyl sites for hydroxylation is 1. The highest BCUT2D eigenvalue weighted by atomic mass is 32.2. The van der Waals surface area contributed by atoms with Crippen molar-refractivity contribution < 1.29 is 4.79 Å². The Balaban J connectivity index is 1.55. The molecule has 0 N–H and O–H groups in total. The maximum atomic E-state index is 12.3. The predicted molar refractivity (Wildman–Crippen MR) is 110 cm³/mol. The monoisotopic (exact) mass is 397 g/mol. The number of hydrogen-bond acceptors (Lipinski definition) is 5. The maximum absolute atomic E-state index is 12.3. The first-order valence-electron chi connectivity index (χ1n) is 9.47. The number of Topliss-reactive ketones (excluding diaryl/α,β-unsaturated/α-hetero) is 1. The van der Waals surface area contributed by atoms with Gasteiger partial charge in [-0.1, -0.05) is 54.6 Å². The van der Waals surface area contributed by atoms with E-state index in [9.17, 15) is 4.79 Å². The molecule has 1 saturated carbocycles. The summed E-state index contributed by atoms with van der Waals surface area (Å²) in [7, 11) is 0. The Labute approximate surface area is 168 Å². The second-order valence-corrected chi connectivity index (χ2v) is 9.06. The van der Waals surface area contributed by atoms with Gasteiger partial charge in [0.2, 0.25) is 0 Å². The molecule has 3 aromatic rings. The van der Waals surface area contributed by atoms with E-state index in [0.717, 1.165) is 49.6 Å². The van der Waals surface area contributed by atoms with Gasteiger partial charge in [0.1, 0.15) is 11.6 Å². The van der Waals surface area contributed by atoms with Gasteiger partial charge in [-0.05, 0) is 36.3 Å². The number of thiophene rings is 1. The van der Waals surface area contributed by atoms with E-state index >= 15 is 0 Å². The van der Waals surface area contributed by atoms with Crippen molar-refractivity contribution in [1.82, 2.24) is 14.8 Å². The van der Waals surface area contributed by atoms with Crippen molar-refractivity contribution >= 4 is 28.9 Å². The Morgan fingerprint density at radius 1 is 1.11 bits per heavy atom. The first-order valence-corrected chi connectivity index (χ1v) is 11.2. The zero-order valence-electron chi connectivity index (χ0n) is 15.2. The highest BCUT2D eigenvalue weighted by Gasteiger charge is 2.26. The van der Waals surface area contributed by atoms with Crippen LogP contribution < -0.4 is 0 Å². The SMILES string of the molecule is O=C1CCCC[C@@H]1Sc1nnc(Cc2cccs2)n1CCc1ccccc1. The number of benzene rings is 1. The van der Waals surface area contributed by atoms with Crippen molar-refractivity contribution in [1.29, 1.82) is 0 Å². The van der Waals surface area contributed by atoms with Gasteiger partial charge in [-0.3, -0.25) is 4.79 Å². The summed E-state index contributed by atoms with van der Waals surface area (Å²) >= 11 is 3.36. The van der Waals surface area contributed by atoms with E-state index in [1.807, 2.05) is 6.07 Å². The molecule has 1 fully saturated rings. The molecule has 1 aromatic carbocycles. The third-order valence-corrected chi connectivity index (χ3v) is 7.09. The summed E-state index contributed by atoms with van der Waals surface area (Å²) in [5.41, 5.74) is 1.30. The molecule has 1 aliphatic carbocycles. The third kappa shape index (κ3) is 4.68.